The molecule has 15 heavy (non-hydrogen) atoms. The molecule has 1 nitrogen and oxygen atoms in total. The third kappa shape index (κ3) is 5.95. The van der Waals surface area contributed by atoms with E-state index in [1.54, 1.807) is 11.3 Å². The number of hydrogen-bond acceptors (Lipinski definition) is 3. The molecule has 0 saturated heterocycles. The molecule has 2 N–H and O–H groups in total. The van der Waals surface area contributed by atoms with Gasteiger partial charge in [-0.1, -0.05) is 13.8 Å². The lowest BCUT2D eigenvalue weighted by Crippen LogP contribution is -2.25. The van der Waals surface area contributed by atoms with Crippen molar-refractivity contribution in [3.63, 3.8) is 0 Å². The summed E-state index contributed by atoms with van der Waals surface area (Å²) in [6.07, 6.45) is 1.00. The molecule has 86 valence electrons. The Morgan fingerprint density at radius 1 is 1.47 bits per heavy atom. The molecule has 0 amide bonds. The molecule has 0 radical (unpaired) electrons. The van der Waals surface area contributed by atoms with E-state index in [1.165, 1.54) is 15.1 Å². The van der Waals surface area contributed by atoms with Crippen LogP contribution >= 0.6 is 39.0 Å². The SMILES string of the molecule is CC(C)CSCC(N)Cc1cc(Br)cs1. The van der Waals surface area contributed by atoms with Gasteiger partial charge in [-0.25, -0.2) is 0 Å². The predicted octanol–water partition coefficient (Wildman–Crippen LogP) is 3.77. The van der Waals surface area contributed by atoms with Gasteiger partial charge in [0.05, 0.1) is 0 Å². The van der Waals surface area contributed by atoms with Crippen LogP contribution in [0.3, 0.4) is 0 Å². The Balaban J connectivity index is 2.21. The summed E-state index contributed by atoms with van der Waals surface area (Å²) < 4.78 is 1.17. The van der Waals surface area contributed by atoms with Crippen LogP contribution in [0.5, 0.6) is 0 Å². The average molecular weight is 308 g/mol. The topological polar surface area (TPSA) is 26.0 Å². The monoisotopic (exact) mass is 307 g/mol. The maximum absolute atomic E-state index is 6.07. The number of hydrogen-bond donors (Lipinski definition) is 1. The standard InChI is InChI=1S/C11H18BrNS2/c1-8(2)5-14-7-10(13)4-11-3-9(12)6-15-11/h3,6,8,10H,4-5,7,13H2,1-2H3. The Hall–Kier alpha value is 0.490. The van der Waals surface area contributed by atoms with Crippen LogP contribution in [0, 0.1) is 5.92 Å². The molecular formula is C11H18BrNS2. The van der Waals surface area contributed by atoms with Crippen LogP contribution in [0.2, 0.25) is 0 Å². The maximum Gasteiger partial charge on any atom is 0.0285 e. The quantitative estimate of drug-likeness (QED) is 0.866. The van der Waals surface area contributed by atoms with Gasteiger partial charge in [-0.05, 0) is 40.1 Å². The number of thioether (sulfide) groups is 1. The number of rotatable bonds is 6. The predicted molar refractivity (Wildman–Crippen MR) is 75.9 cm³/mol. The fraction of sp³-hybridized carbons (Fsp3) is 0.636. The second-order valence-electron chi connectivity index (χ2n) is 4.13. The minimum absolute atomic E-state index is 0.291. The van der Waals surface area contributed by atoms with Crippen LogP contribution in [-0.4, -0.2) is 17.5 Å². The highest BCUT2D eigenvalue weighted by Gasteiger charge is 2.06. The normalized spacial score (nSPS) is 13.4. The first-order valence-corrected chi connectivity index (χ1v) is 7.97. The van der Waals surface area contributed by atoms with Gasteiger partial charge in [-0.3, -0.25) is 0 Å². The zero-order valence-corrected chi connectivity index (χ0v) is 12.4. The minimum atomic E-state index is 0.291. The molecule has 0 spiro atoms. The Morgan fingerprint density at radius 3 is 2.73 bits per heavy atom. The van der Waals surface area contributed by atoms with E-state index in [-0.39, 0.29) is 0 Å². The van der Waals surface area contributed by atoms with Gasteiger partial charge in [0.15, 0.2) is 0 Å². The summed E-state index contributed by atoms with van der Waals surface area (Å²) in [6.45, 7) is 4.49. The van der Waals surface area contributed by atoms with Crippen molar-refractivity contribution in [1.29, 1.82) is 0 Å². The summed E-state index contributed by atoms with van der Waals surface area (Å²) >= 11 is 7.20. The van der Waals surface area contributed by atoms with Gasteiger partial charge in [-0.2, -0.15) is 11.8 Å². The lowest BCUT2D eigenvalue weighted by atomic mass is 10.2. The molecule has 0 saturated carbocycles. The van der Waals surface area contributed by atoms with Crippen molar-refractivity contribution in [2.45, 2.75) is 26.3 Å². The third-order valence-electron chi connectivity index (χ3n) is 1.87. The van der Waals surface area contributed by atoms with Crippen LogP contribution in [0.4, 0.5) is 0 Å². The lowest BCUT2D eigenvalue weighted by Gasteiger charge is -2.10. The van der Waals surface area contributed by atoms with Crippen LogP contribution in [0.25, 0.3) is 0 Å². The first kappa shape index (κ1) is 13.6. The van der Waals surface area contributed by atoms with E-state index >= 15 is 0 Å². The highest BCUT2D eigenvalue weighted by Crippen LogP contribution is 2.21. The smallest absolute Gasteiger partial charge is 0.0285 e. The third-order valence-corrected chi connectivity index (χ3v) is 5.15. The van der Waals surface area contributed by atoms with E-state index in [9.17, 15) is 0 Å². The molecule has 0 aliphatic carbocycles. The Morgan fingerprint density at radius 2 is 2.20 bits per heavy atom. The van der Waals surface area contributed by atoms with Crippen molar-refractivity contribution in [2.24, 2.45) is 11.7 Å². The van der Waals surface area contributed by atoms with Crippen molar-refractivity contribution in [3.8, 4) is 0 Å². The zero-order valence-electron chi connectivity index (χ0n) is 9.20. The highest BCUT2D eigenvalue weighted by molar-refractivity contribution is 9.10. The van der Waals surface area contributed by atoms with E-state index in [2.05, 4.69) is 41.2 Å². The maximum atomic E-state index is 6.07. The van der Waals surface area contributed by atoms with Gasteiger partial charge in [0.2, 0.25) is 0 Å². The molecule has 0 aliphatic rings. The molecule has 0 bridgehead atoms. The van der Waals surface area contributed by atoms with Crippen molar-refractivity contribution < 1.29 is 0 Å². The largest absolute Gasteiger partial charge is 0.327 e. The molecular weight excluding hydrogens is 290 g/mol. The van der Waals surface area contributed by atoms with Crippen LogP contribution < -0.4 is 5.73 Å². The van der Waals surface area contributed by atoms with Gasteiger partial charge in [-0.15, -0.1) is 11.3 Å². The second-order valence-corrected chi connectivity index (χ2v) is 7.11. The summed E-state index contributed by atoms with van der Waals surface area (Å²) in [5.74, 6) is 3.04. The molecule has 1 unspecified atom stereocenters. The van der Waals surface area contributed by atoms with Gasteiger partial charge < -0.3 is 5.73 Å². The van der Waals surface area contributed by atoms with Gasteiger partial charge in [0.1, 0.15) is 0 Å². The summed E-state index contributed by atoms with van der Waals surface area (Å²) in [5.41, 5.74) is 6.07. The first-order valence-electron chi connectivity index (χ1n) is 5.14. The number of thiophene rings is 1. The molecule has 1 aromatic heterocycles. The fourth-order valence-corrected chi connectivity index (χ4v) is 3.81. The van der Waals surface area contributed by atoms with Crippen molar-refractivity contribution >= 4 is 39.0 Å². The van der Waals surface area contributed by atoms with Crippen molar-refractivity contribution in [3.05, 3.63) is 20.8 Å². The average Bonchev–Trinajstić information content (AvgIpc) is 2.50. The molecule has 0 fully saturated rings. The lowest BCUT2D eigenvalue weighted by molar-refractivity contribution is 0.735. The highest BCUT2D eigenvalue weighted by atomic mass is 79.9. The van der Waals surface area contributed by atoms with Crippen LogP contribution in [0.1, 0.15) is 18.7 Å². The second kappa shape index (κ2) is 6.94. The van der Waals surface area contributed by atoms with E-state index in [0.29, 0.717) is 6.04 Å². The molecule has 0 aliphatic heterocycles. The fourth-order valence-electron chi connectivity index (χ4n) is 1.23. The van der Waals surface area contributed by atoms with E-state index in [1.807, 2.05) is 11.8 Å². The van der Waals surface area contributed by atoms with Crippen LogP contribution in [0.15, 0.2) is 15.9 Å². The molecule has 4 heteroatoms. The van der Waals surface area contributed by atoms with Gasteiger partial charge in [0.25, 0.3) is 0 Å². The van der Waals surface area contributed by atoms with Gasteiger partial charge in [0, 0.05) is 26.5 Å². The molecule has 1 rings (SSSR count). The Labute approximate surface area is 109 Å². The summed E-state index contributed by atoms with van der Waals surface area (Å²) in [6, 6.07) is 2.46. The summed E-state index contributed by atoms with van der Waals surface area (Å²) in [7, 11) is 0. The Bertz CT molecular complexity index is 286. The van der Waals surface area contributed by atoms with E-state index in [0.717, 1.165) is 18.1 Å². The minimum Gasteiger partial charge on any atom is -0.327 e. The van der Waals surface area contributed by atoms with Crippen molar-refractivity contribution in [1.82, 2.24) is 0 Å². The van der Waals surface area contributed by atoms with Gasteiger partial charge >= 0.3 is 0 Å². The molecule has 1 atom stereocenters. The number of nitrogens with two attached hydrogens (primary N) is 1. The van der Waals surface area contributed by atoms with E-state index in [4.69, 9.17) is 5.73 Å². The Kier molecular flexibility index (Phi) is 6.27. The first-order chi connectivity index (χ1) is 7.08. The molecule has 1 aromatic rings. The van der Waals surface area contributed by atoms with Crippen molar-refractivity contribution in [2.75, 3.05) is 11.5 Å². The number of halogens is 1. The molecule has 0 aromatic carbocycles. The summed E-state index contributed by atoms with van der Waals surface area (Å²) in [5, 5.41) is 2.11. The van der Waals surface area contributed by atoms with E-state index < -0.39 is 0 Å². The zero-order chi connectivity index (χ0) is 11.3. The molecule has 1 heterocycles. The van der Waals surface area contributed by atoms with Crippen LogP contribution in [-0.2, 0) is 6.42 Å². The summed E-state index contributed by atoms with van der Waals surface area (Å²) in [4.78, 5) is 1.37.